The van der Waals surface area contributed by atoms with Crippen LogP contribution in [0.1, 0.15) is 46.5 Å². The number of carbonyl (C=O) groups excluding carboxylic acids is 1. The van der Waals surface area contributed by atoms with Gasteiger partial charge in [-0.25, -0.2) is 0 Å². The zero-order valence-electron chi connectivity index (χ0n) is 12.4. The van der Waals surface area contributed by atoms with E-state index < -0.39 is 10.8 Å². The van der Waals surface area contributed by atoms with E-state index in [0.717, 1.165) is 32.2 Å². The zero-order valence-corrected chi connectivity index (χ0v) is 13.3. The predicted octanol–water partition coefficient (Wildman–Crippen LogP) is 1.48. The van der Waals surface area contributed by atoms with Gasteiger partial charge in [0.05, 0.1) is 11.7 Å². The highest BCUT2D eigenvalue weighted by Gasteiger charge is 2.58. The minimum Gasteiger partial charge on any atom is -0.325 e. The lowest BCUT2D eigenvalue weighted by Crippen LogP contribution is -2.40. The topological polar surface area (TPSA) is 49.4 Å². The highest BCUT2D eigenvalue weighted by Crippen LogP contribution is 2.43. The fraction of sp³-hybridized carbons (Fsp3) is 0.929. The smallest absolute Gasteiger partial charge is 0.244 e. The summed E-state index contributed by atoms with van der Waals surface area (Å²) < 4.78 is 11.4. The fourth-order valence-corrected chi connectivity index (χ4v) is 3.17. The lowest BCUT2D eigenvalue weighted by atomic mass is 10.1. The molecule has 2 fully saturated rings. The third-order valence-electron chi connectivity index (χ3n) is 4.28. The Labute approximate surface area is 118 Å². The van der Waals surface area contributed by atoms with E-state index in [0.29, 0.717) is 5.92 Å². The zero-order chi connectivity index (χ0) is 14.2. The molecule has 1 aliphatic carbocycles. The van der Waals surface area contributed by atoms with Crippen LogP contribution in [0.3, 0.4) is 0 Å². The maximum Gasteiger partial charge on any atom is 0.244 e. The molecule has 3 unspecified atom stereocenters. The van der Waals surface area contributed by atoms with Gasteiger partial charge >= 0.3 is 0 Å². The number of hydrogen-bond donors (Lipinski definition) is 1. The quantitative estimate of drug-likeness (QED) is 0.804. The van der Waals surface area contributed by atoms with E-state index >= 15 is 0 Å². The van der Waals surface area contributed by atoms with Gasteiger partial charge < -0.3 is 4.90 Å². The molecule has 2 aliphatic rings. The first-order chi connectivity index (χ1) is 8.85. The Morgan fingerprint density at radius 1 is 1.42 bits per heavy atom. The minimum atomic E-state index is -0.805. The lowest BCUT2D eigenvalue weighted by Gasteiger charge is -2.26. The minimum absolute atomic E-state index is 0.156. The van der Waals surface area contributed by atoms with Crippen molar-refractivity contribution in [3.63, 3.8) is 0 Å². The maximum absolute atomic E-state index is 12.5. The maximum atomic E-state index is 12.5. The van der Waals surface area contributed by atoms with E-state index in [2.05, 4.69) is 19.2 Å². The molecule has 0 aromatic carbocycles. The third-order valence-corrected chi connectivity index (χ3v) is 5.65. The van der Waals surface area contributed by atoms with Crippen LogP contribution < -0.4 is 5.32 Å². The normalized spacial score (nSPS) is 28.2. The molecule has 19 heavy (non-hydrogen) atoms. The van der Waals surface area contributed by atoms with Gasteiger partial charge in [0.1, 0.15) is 0 Å². The van der Waals surface area contributed by atoms with Crippen molar-refractivity contribution < 1.29 is 9.00 Å². The number of hydrogen-bond acceptors (Lipinski definition) is 3. The van der Waals surface area contributed by atoms with E-state index in [1.807, 2.05) is 11.8 Å². The average molecular weight is 286 g/mol. The molecule has 0 aromatic rings. The molecule has 1 saturated carbocycles. The van der Waals surface area contributed by atoms with Crippen molar-refractivity contribution in [1.29, 1.82) is 0 Å². The molecule has 1 amide bonds. The average Bonchev–Trinajstić information content (AvgIpc) is 3.03. The largest absolute Gasteiger partial charge is 0.325 e. The van der Waals surface area contributed by atoms with Crippen LogP contribution in [0.4, 0.5) is 0 Å². The highest BCUT2D eigenvalue weighted by atomic mass is 32.2. The van der Waals surface area contributed by atoms with Gasteiger partial charge in [0.2, 0.25) is 5.91 Å². The predicted molar refractivity (Wildman–Crippen MR) is 78.2 cm³/mol. The molecule has 1 spiro atoms. The van der Waals surface area contributed by atoms with Crippen molar-refractivity contribution in [2.45, 2.75) is 63.4 Å². The Hall–Kier alpha value is -0.420. The summed E-state index contributed by atoms with van der Waals surface area (Å²) >= 11 is 0. The van der Waals surface area contributed by atoms with Crippen LogP contribution in [0.25, 0.3) is 0 Å². The molecule has 2 rings (SSSR count). The molecule has 110 valence electrons. The van der Waals surface area contributed by atoms with Gasteiger partial charge in [0.15, 0.2) is 0 Å². The SMILES string of the molecule is CC(C)CC1NC2(CC2)C(=O)N1CCC(C)S(C)=O. The van der Waals surface area contributed by atoms with Crippen LogP contribution in [0.5, 0.6) is 0 Å². The highest BCUT2D eigenvalue weighted by molar-refractivity contribution is 7.84. The van der Waals surface area contributed by atoms with Gasteiger partial charge in [-0.15, -0.1) is 0 Å². The van der Waals surface area contributed by atoms with Crippen molar-refractivity contribution in [1.82, 2.24) is 10.2 Å². The van der Waals surface area contributed by atoms with Crippen molar-refractivity contribution in [2.24, 2.45) is 5.92 Å². The standard InChI is InChI=1S/C14H26N2O2S/c1-10(2)9-12-15-14(6-7-14)13(17)16(12)8-5-11(3)19(4)18/h10-12,15H,5-9H2,1-4H3. The Morgan fingerprint density at radius 3 is 2.53 bits per heavy atom. The molecule has 3 atom stereocenters. The van der Waals surface area contributed by atoms with Crippen LogP contribution in [-0.4, -0.2) is 44.8 Å². The fourth-order valence-electron chi connectivity index (χ4n) is 2.74. The Morgan fingerprint density at radius 2 is 2.05 bits per heavy atom. The van der Waals surface area contributed by atoms with Crippen LogP contribution >= 0.6 is 0 Å². The molecular weight excluding hydrogens is 260 g/mol. The molecule has 0 bridgehead atoms. The monoisotopic (exact) mass is 286 g/mol. The molecule has 1 saturated heterocycles. The van der Waals surface area contributed by atoms with Crippen molar-refractivity contribution >= 4 is 16.7 Å². The first kappa shape index (κ1) is 15.0. The van der Waals surface area contributed by atoms with Crippen LogP contribution in [0.15, 0.2) is 0 Å². The third kappa shape index (κ3) is 3.19. The summed E-state index contributed by atoms with van der Waals surface area (Å²) in [5.41, 5.74) is -0.228. The first-order valence-corrected chi connectivity index (χ1v) is 8.89. The van der Waals surface area contributed by atoms with Gasteiger partial charge in [0.25, 0.3) is 0 Å². The van der Waals surface area contributed by atoms with Crippen molar-refractivity contribution in [2.75, 3.05) is 12.8 Å². The van der Waals surface area contributed by atoms with Gasteiger partial charge in [-0.1, -0.05) is 20.8 Å². The summed E-state index contributed by atoms with van der Waals surface area (Å²) in [4.78, 5) is 14.4. The second kappa shape index (κ2) is 5.52. The molecule has 0 aromatic heterocycles. The van der Waals surface area contributed by atoms with E-state index in [9.17, 15) is 9.00 Å². The van der Waals surface area contributed by atoms with Crippen LogP contribution in [0.2, 0.25) is 0 Å². The van der Waals surface area contributed by atoms with Crippen molar-refractivity contribution in [3.8, 4) is 0 Å². The van der Waals surface area contributed by atoms with Gasteiger partial charge in [0, 0.05) is 28.9 Å². The number of rotatable bonds is 6. The van der Waals surface area contributed by atoms with Gasteiger partial charge in [-0.05, 0) is 31.6 Å². The van der Waals surface area contributed by atoms with Gasteiger partial charge in [-0.3, -0.25) is 14.3 Å². The lowest BCUT2D eigenvalue weighted by molar-refractivity contribution is -0.131. The molecule has 1 N–H and O–H groups in total. The van der Waals surface area contributed by atoms with E-state index in [4.69, 9.17) is 0 Å². The van der Waals surface area contributed by atoms with Crippen LogP contribution in [0, 0.1) is 5.92 Å². The molecular formula is C14H26N2O2S. The Balaban J connectivity index is 1.98. The Bertz CT molecular complexity index is 380. The van der Waals surface area contributed by atoms with E-state index in [1.165, 1.54) is 0 Å². The summed E-state index contributed by atoms with van der Waals surface area (Å²) in [6, 6.07) is 0. The number of nitrogens with one attached hydrogen (secondary N) is 1. The summed E-state index contributed by atoms with van der Waals surface area (Å²) in [6.07, 6.45) is 5.69. The van der Waals surface area contributed by atoms with Gasteiger partial charge in [-0.2, -0.15) is 0 Å². The summed E-state index contributed by atoms with van der Waals surface area (Å²) in [7, 11) is -0.805. The summed E-state index contributed by atoms with van der Waals surface area (Å²) in [6.45, 7) is 7.10. The first-order valence-electron chi connectivity index (χ1n) is 7.27. The molecule has 4 nitrogen and oxygen atoms in total. The molecule has 1 heterocycles. The van der Waals surface area contributed by atoms with Crippen LogP contribution in [-0.2, 0) is 15.6 Å². The molecule has 5 heteroatoms. The second-order valence-corrected chi connectivity index (χ2v) is 8.27. The molecule has 1 aliphatic heterocycles. The van der Waals surface area contributed by atoms with E-state index in [1.54, 1.807) is 6.26 Å². The molecule has 0 radical (unpaired) electrons. The van der Waals surface area contributed by atoms with E-state index in [-0.39, 0.29) is 22.9 Å². The summed E-state index contributed by atoms with van der Waals surface area (Å²) in [5.74, 6) is 0.840. The van der Waals surface area contributed by atoms with Crippen molar-refractivity contribution in [3.05, 3.63) is 0 Å². The number of amides is 1. The summed E-state index contributed by atoms with van der Waals surface area (Å²) in [5, 5.41) is 3.68. The number of carbonyl (C=O) groups is 1. The second-order valence-electron chi connectivity index (χ2n) is 6.47. The Kier molecular flexibility index (Phi) is 4.35. The number of nitrogens with zero attached hydrogens (tertiary/aromatic N) is 1.